The molecule has 6 rings (SSSR count). The molecule has 2 aromatic heterocycles. The fraction of sp³-hybridized carbons (Fsp3) is 0.558. The molecule has 0 saturated heterocycles. The Kier molecular flexibility index (Phi) is 49.2. The van der Waals surface area contributed by atoms with E-state index in [-0.39, 0.29) is 102 Å². The van der Waals surface area contributed by atoms with Gasteiger partial charge in [0.25, 0.3) is 11.8 Å². The molecule has 35 nitrogen and oxygen atoms in total. The molecule has 0 saturated carbocycles. The van der Waals surface area contributed by atoms with Crippen LogP contribution in [0.25, 0.3) is 22.5 Å². The number of benzene rings is 4. The van der Waals surface area contributed by atoms with E-state index in [0.29, 0.717) is 12.8 Å². The third kappa shape index (κ3) is 46.4. The second-order valence-electron chi connectivity index (χ2n) is 41.3. The number of carboxylic acids is 1. The van der Waals surface area contributed by atoms with E-state index >= 15 is 0 Å². The fourth-order valence-electron chi connectivity index (χ4n) is 14.5. The van der Waals surface area contributed by atoms with E-state index in [9.17, 15) is 62.6 Å². The summed E-state index contributed by atoms with van der Waals surface area (Å²) < 4.78 is 47.3. The lowest BCUT2D eigenvalue weighted by Gasteiger charge is -2.37. The Morgan fingerprint density at radius 2 is 0.727 bits per heavy atom. The van der Waals surface area contributed by atoms with Gasteiger partial charge in [-0.1, -0.05) is 232 Å². The van der Waals surface area contributed by atoms with E-state index in [1.165, 1.54) is 28.4 Å². The molecule has 0 aliphatic carbocycles. The number of alkyl carbamates (subject to hydrolysis) is 6. The number of esters is 1. The van der Waals surface area contributed by atoms with Gasteiger partial charge in [-0.25, -0.2) is 48.4 Å². The van der Waals surface area contributed by atoms with E-state index in [2.05, 4.69) is 52.7 Å². The molecule has 139 heavy (non-hydrogen) atoms. The minimum atomic E-state index is -1.17. The molecule has 8 amide bonds. The molecule has 0 bridgehead atoms. The minimum absolute atomic E-state index is 0.0291. The number of methoxy groups -OCH3 is 4. The van der Waals surface area contributed by atoms with Crippen LogP contribution in [0.3, 0.4) is 0 Å². The van der Waals surface area contributed by atoms with Gasteiger partial charge in [-0.15, -0.1) is 0 Å². The molecule has 768 valence electrons. The average molecular weight is 1940 g/mol. The van der Waals surface area contributed by atoms with Crippen molar-refractivity contribution < 1.29 is 110 Å². The largest absolute Gasteiger partial charge is 0.480 e. The van der Waals surface area contributed by atoms with Gasteiger partial charge < -0.3 is 84.7 Å². The van der Waals surface area contributed by atoms with E-state index in [4.69, 9.17) is 47.7 Å². The number of aromatic nitrogens is 2. The number of rotatable bonds is 45. The molecule has 2 heterocycles. The predicted molar refractivity (Wildman–Crippen MR) is 528 cm³/mol. The normalized spacial score (nSPS) is 13.9. The highest BCUT2D eigenvalue weighted by molar-refractivity contribution is 5.90. The number of pyridine rings is 2. The Balaban J connectivity index is 0.000000510. The number of ether oxygens (including phenoxy) is 9. The van der Waals surface area contributed by atoms with Crippen molar-refractivity contribution in [2.24, 2.45) is 45.3 Å². The third-order valence-corrected chi connectivity index (χ3v) is 21.3. The summed E-state index contributed by atoms with van der Waals surface area (Å²) in [4.78, 5) is 167. The monoisotopic (exact) mass is 1940 g/mol. The highest BCUT2D eigenvalue weighted by atomic mass is 16.6. The molecular formula is C104H154N12O23. The van der Waals surface area contributed by atoms with Gasteiger partial charge >= 0.3 is 48.5 Å². The van der Waals surface area contributed by atoms with Crippen LogP contribution in [0.15, 0.2) is 158 Å². The summed E-state index contributed by atoms with van der Waals surface area (Å²) >= 11 is 0. The number of aliphatic carboxylic acids is 1. The van der Waals surface area contributed by atoms with Crippen LogP contribution in [-0.2, 0) is 97.3 Å². The van der Waals surface area contributed by atoms with Crippen LogP contribution in [0, 0.1) is 45.3 Å². The zero-order valence-electron chi connectivity index (χ0n) is 86.1. The number of hydrogen-bond acceptors (Lipinski definition) is 26. The summed E-state index contributed by atoms with van der Waals surface area (Å²) in [5.74, 6) is -4.87. The quantitative estimate of drug-likeness (QED) is 0.00734. The van der Waals surface area contributed by atoms with Gasteiger partial charge in [0, 0.05) is 76.1 Å². The number of nitrogens with zero attached hydrogens (tertiary/aromatic N) is 4. The fourth-order valence-corrected chi connectivity index (χ4v) is 14.5. The Hall–Kier alpha value is -12.2. The number of nitrogens with one attached hydrogen (secondary N) is 8. The summed E-state index contributed by atoms with van der Waals surface area (Å²) in [5, 5.41) is 39.9. The number of carbonyl (C=O) groups excluding carboxylic acids is 11. The maximum atomic E-state index is 14.8. The van der Waals surface area contributed by atoms with Crippen molar-refractivity contribution in [1.29, 1.82) is 0 Å². The third-order valence-electron chi connectivity index (χ3n) is 21.3. The topological polar surface area (TPSA) is 457 Å². The van der Waals surface area contributed by atoms with Crippen LogP contribution in [0.5, 0.6) is 0 Å². The summed E-state index contributed by atoms with van der Waals surface area (Å²) in [6.07, 6.45) is -2.65. The van der Waals surface area contributed by atoms with Crippen molar-refractivity contribution in [3.8, 4) is 22.5 Å². The van der Waals surface area contributed by atoms with Gasteiger partial charge in [0.1, 0.15) is 54.7 Å². The molecule has 4 aromatic carbocycles. The van der Waals surface area contributed by atoms with E-state index in [1.807, 2.05) is 236 Å². The first kappa shape index (κ1) is 119. The van der Waals surface area contributed by atoms with Crippen LogP contribution in [0.1, 0.15) is 200 Å². The number of aliphatic hydroxyl groups excluding tert-OH is 1. The lowest BCUT2D eigenvalue weighted by Crippen LogP contribution is -2.58. The summed E-state index contributed by atoms with van der Waals surface area (Å²) in [6, 6.07) is 39.3. The van der Waals surface area contributed by atoms with Crippen molar-refractivity contribution in [2.45, 2.75) is 264 Å². The molecule has 10 N–H and O–H groups in total. The van der Waals surface area contributed by atoms with Gasteiger partial charge in [0.2, 0.25) is 0 Å². The number of carbonyl (C=O) groups is 12. The number of carboxylic acid groups (broad SMARTS) is 1. The smallest absolute Gasteiger partial charge is 0.408 e. The maximum absolute atomic E-state index is 14.8. The van der Waals surface area contributed by atoms with Crippen molar-refractivity contribution in [2.75, 3.05) is 68.0 Å². The number of ketones is 2. The van der Waals surface area contributed by atoms with Gasteiger partial charge in [-0.2, -0.15) is 0 Å². The number of Topliss-reactive ketones (excluding diaryl/α,β-unsaturated/α-hetero) is 2. The number of aliphatic hydroxyl groups is 1. The Morgan fingerprint density at radius 3 is 1.06 bits per heavy atom. The highest BCUT2D eigenvalue weighted by Crippen LogP contribution is 2.32. The van der Waals surface area contributed by atoms with Crippen molar-refractivity contribution in [3.05, 3.63) is 180 Å². The van der Waals surface area contributed by atoms with Gasteiger partial charge in [-0.05, 0) is 153 Å². The molecule has 0 aliphatic heterocycles. The molecule has 10 atom stereocenters. The van der Waals surface area contributed by atoms with E-state index < -0.39 is 153 Å². The maximum Gasteiger partial charge on any atom is 0.408 e. The number of hydrazine groups is 2. The SMILES string of the molecule is CC(C)C[C@H](NC(=O)OC(C)(C)C)C(=O)O.COCCOC(=O)NC(C(=O)CC(Cc1ccccc1)C(CN(Cc1ccc(-c2ccccn2)cc1)NC(=O)C(NC(=O)OC)C(C)(C)C)OC(=O)C(CC(C)C)NC(=O)OC(C)(C)C)C(C)(C)C.COCCOC(=O)NC(C(=O)CC(Cc1ccccc1)C(O)CN(Cc1ccc(-c2ccccn2)cc1)NC(=O)C(NC(=O)OC)C(C)(C)C)C(C)(C)C. The number of amides is 8. The molecule has 0 radical (unpaired) electrons. The second kappa shape index (κ2) is 57.4. The summed E-state index contributed by atoms with van der Waals surface area (Å²) in [6.45, 7) is 40.1. The molecule has 6 aromatic rings. The predicted octanol–water partition coefficient (Wildman–Crippen LogP) is 15.1. The molecular weight excluding hydrogens is 1790 g/mol. The zero-order valence-corrected chi connectivity index (χ0v) is 86.1. The Morgan fingerprint density at radius 1 is 0.381 bits per heavy atom. The highest BCUT2D eigenvalue weighted by Gasteiger charge is 2.43. The lowest BCUT2D eigenvalue weighted by molar-refractivity contribution is -0.158. The average Bonchev–Trinajstić information content (AvgIpc) is 0.821. The van der Waals surface area contributed by atoms with Crippen LogP contribution in [-0.4, -0.2) is 230 Å². The number of hydrogen-bond donors (Lipinski definition) is 10. The Bertz CT molecular complexity index is 4780. The van der Waals surface area contributed by atoms with Crippen LogP contribution in [0.2, 0.25) is 0 Å². The summed E-state index contributed by atoms with van der Waals surface area (Å²) in [5.41, 5.74) is 8.12. The standard InChI is InChI=1S/C52H76N6O11.C41H57N5O8.C11H21NO4/c1-34(2)29-40(54-49(64)69-52(9,10)11)46(61)68-42(38(30-35-19-15-14-16-20-35)31-41(59)43(50(3,4)5)55-48(63)67-28-27-65-12)33-58(57-45(60)44(51(6,7)8)56-47(62)66-13)32-36-22-24-37(25-23-36)39-21-17-18-26-53-39;1-40(2,3)35(43-39(51)54-23-22-52-7)33(47)25-31(24-28-14-10-9-11-15-28)34(48)27-46(45-37(49)36(41(4,5)6)44-38(50)53-8)26-29-17-19-30(20-18-29)32-16-12-13-21-42-32;1-7(2)6-8(9(13)14)12-10(15)16-11(3,4)5/h14-26,34,38,40,42-44H,27-33H2,1-13H3,(H,54,64)(H,55,63)(H,56,62)(H,57,60);9-21,31,34-36,48H,22-27H2,1-8H3,(H,43,51)(H,44,50)(H,45,49);7-8H,6H2,1-5H3,(H,12,15)(H,13,14)/t;;8-/m..0/s1. The first-order valence-electron chi connectivity index (χ1n) is 46.8. The van der Waals surface area contributed by atoms with E-state index in [0.717, 1.165) is 44.8 Å². The first-order chi connectivity index (χ1) is 64.9. The lowest BCUT2D eigenvalue weighted by atomic mass is 9.79. The Labute approximate surface area is 820 Å². The second-order valence-corrected chi connectivity index (χ2v) is 41.3. The van der Waals surface area contributed by atoms with Crippen molar-refractivity contribution >= 4 is 71.9 Å². The first-order valence-corrected chi connectivity index (χ1v) is 46.8. The zero-order chi connectivity index (χ0) is 104. The van der Waals surface area contributed by atoms with Crippen molar-refractivity contribution in [1.82, 2.24) is 62.7 Å². The van der Waals surface area contributed by atoms with Crippen LogP contribution < -0.4 is 42.8 Å². The molecule has 9 unspecified atom stereocenters. The van der Waals surface area contributed by atoms with Gasteiger partial charge in [-0.3, -0.25) is 40.0 Å². The van der Waals surface area contributed by atoms with Crippen molar-refractivity contribution in [3.63, 3.8) is 0 Å². The summed E-state index contributed by atoms with van der Waals surface area (Å²) in [7, 11) is 5.40. The molecule has 0 aliphatic rings. The van der Waals surface area contributed by atoms with Crippen LogP contribution in [0.4, 0.5) is 28.8 Å². The van der Waals surface area contributed by atoms with Gasteiger partial charge in [0.05, 0.1) is 63.6 Å². The molecule has 35 heteroatoms. The molecule has 0 fully saturated rings. The minimum Gasteiger partial charge on any atom is -0.480 e. The van der Waals surface area contributed by atoms with Gasteiger partial charge in [0.15, 0.2) is 11.6 Å². The molecule has 0 spiro atoms. The van der Waals surface area contributed by atoms with Crippen LogP contribution >= 0.6 is 0 Å². The van der Waals surface area contributed by atoms with E-state index in [1.54, 1.807) is 84.7 Å².